The highest BCUT2D eigenvalue weighted by Crippen LogP contribution is 2.18. The predicted molar refractivity (Wildman–Crippen MR) is 83.2 cm³/mol. The zero-order chi connectivity index (χ0) is 15.0. The molecule has 0 bridgehead atoms. The Labute approximate surface area is 125 Å². The number of hydrogen-bond acceptors (Lipinski definition) is 6. The molecule has 1 heterocycles. The van der Waals surface area contributed by atoms with Crippen molar-refractivity contribution in [1.82, 2.24) is 10.2 Å². The summed E-state index contributed by atoms with van der Waals surface area (Å²) in [7, 11) is 1.65. The minimum atomic E-state index is 0.333. The Morgan fingerprint density at radius 2 is 2.00 bits per heavy atom. The van der Waals surface area contributed by atoms with E-state index in [2.05, 4.69) is 15.5 Å². The Bertz CT molecular complexity index is 454. The molecule has 1 aromatic rings. The van der Waals surface area contributed by atoms with E-state index in [0.717, 1.165) is 29.8 Å². The number of aryl methyl sites for hydroxylation is 1. The number of nitrogens with zero attached hydrogens (tertiary/aromatic N) is 2. The lowest BCUT2D eigenvalue weighted by atomic mass is 10.1. The van der Waals surface area contributed by atoms with E-state index in [0.29, 0.717) is 30.6 Å². The molecule has 0 spiro atoms. The molecule has 0 amide bonds. The minimum absolute atomic E-state index is 0.333. The highest BCUT2D eigenvalue weighted by atomic mass is 32.1. The van der Waals surface area contributed by atoms with Gasteiger partial charge in [0.05, 0.1) is 24.5 Å². The van der Waals surface area contributed by atoms with Crippen LogP contribution in [0.3, 0.4) is 0 Å². The Kier molecular flexibility index (Phi) is 7.35. The lowest BCUT2D eigenvalue weighted by Crippen LogP contribution is -2.19. The first-order chi connectivity index (χ1) is 9.57. The van der Waals surface area contributed by atoms with Crippen LogP contribution in [0.1, 0.15) is 23.2 Å². The van der Waals surface area contributed by atoms with Gasteiger partial charge in [0, 0.05) is 20.3 Å². The van der Waals surface area contributed by atoms with E-state index in [1.165, 1.54) is 0 Å². The fraction of sp³-hybridized carbons (Fsp3) is 0.615. The van der Waals surface area contributed by atoms with E-state index in [1.54, 1.807) is 7.11 Å². The second kappa shape index (κ2) is 8.78. The third-order valence-corrected chi connectivity index (χ3v) is 3.09. The van der Waals surface area contributed by atoms with E-state index < -0.39 is 0 Å². The average Bonchev–Trinajstić information content (AvgIpc) is 2.41. The molecule has 3 N–H and O–H groups in total. The van der Waals surface area contributed by atoms with Crippen LogP contribution >= 0.6 is 12.2 Å². The summed E-state index contributed by atoms with van der Waals surface area (Å²) in [5.41, 5.74) is 8.32. The van der Waals surface area contributed by atoms with Gasteiger partial charge in [0.25, 0.3) is 0 Å². The molecule has 0 aliphatic carbocycles. The van der Waals surface area contributed by atoms with Gasteiger partial charge < -0.3 is 20.5 Å². The lowest BCUT2D eigenvalue weighted by Gasteiger charge is -2.13. The molecule has 20 heavy (non-hydrogen) atoms. The maximum absolute atomic E-state index is 5.75. The van der Waals surface area contributed by atoms with Gasteiger partial charge >= 0.3 is 0 Å². The fourth-order valence-corrected chi connectivity index (χ4v) is 1.91. The van der Waals surface area contributed by atoms with Crippen LogP contribution in [-0.2, 0) is 9.47 Å². The van der Waals surface area contributed by atoms with Crippen molar-refractivity contribution in [2.75, 3.05) is 38.8 Å². The normalized spacial score (nSPS) is 10.6. The average molecular weight is 298 g/mol. The highest BCUT2D eigenvalue weighted by Gasteiger charge is 2.12. The van der Waals surface area contributed by atoms with Crippen LogP contribution in [0.15, 0.2) is 0 Å². The highest BCUT2D eigenvalue weighted by molar-refractivity contribution is 7.80. The van der Waals surface area contributed by atoms with Crippen LogP contribution in [0.5, 0.6) is 0 Å². The molecule has 0 aliphatic rings. The molecule has 1 aromatic heterocycles. The van der Waals surface area contributed by atoms with Crippen LogP contribution in [0.4, 0.5) is 5.82 Å². The number of aromatic nitrogens is 2. The number of thiocarbonyl (C=S) groups is 1. The third kappa shape index (κ3) is 4.99. The van der Waals surface area contributed by atoms with E-state index in [9.17, 15) is 0 Å². The Hall–Kier alpha value is -1.31. The second-order valence-electron chi connectivity index (χ2n) is 4.38. The van der Waals surface area contributed by atoms with Gasteiger partial charge in [0.2, 0.25) is 0 Å². The molecule has 112 valence electrons. The van der Waals surface area contributed by atoms with Crippen LogP contribution in [-0.4, -0.2) is 48.7 Å². The van der Waals surface area contributed by atoms with Gasteiger partial charge in [-0.2, -0.15) is 5.10 Å². The largest absolute Gasteiger partial charge is 0.389 e. The number of nitrogens with one attached hydrogen (secondary N) is 1. The number of rotatable bonds is 9. The standard InChI is InChI=1S/C13H22N4O2S/c1-9-10(2)16-17-13(11(9)12(14)20)15-5-4-6-19-8-7-18-3/h4-8H2,1-3H3,(H2,14,20)(H,15,17). The minimum Gasteiger partial charge on any atom is -0.389 e. The van der Waals surface area contributed by atoms with Crippen molar-refractivity contribution in [3.63, 3.8) is 0 Å². The molecule has 7 heteroatoms. The number of methoxy groups -OCH3 is 1. The number of hydrogen-bond donors (Lipinski definition) is 2. The first-order valence-electron chi connectivity index (χ1n) is 6.52. The topological polar surface area (TPSA) is 82.3 Å². The first-order valence-corrected chi connectivity index (χ1v) is 6.93. The molecule has 0 saturated heterocycles. The van der Waals surface area contributed by atoms with Gasteiger partial charge in [-0.25, -0.2) is 0 Å². The summed E-state index contributed by atoms with van der Waals surface area (Å²) in [5, 5.41) is 11.4. The molecule has 6 nitrogen and oxygen atoms in total. The van der Waals surface area contributed by atoms with Crippen molar-refractivity contribution in [2.45, 2.75) is 20.3 Å². The van der Waals surface area contributed by atoms with E-state index in [-0.39, 0.29) is 0 Å². The zero-order valence-electron chi connectivity index (χ0n) is 12.2. The van der Waals surface area contributed by atoms with Gasteiger partial charge in [-0.1, -0.05) is 12.2 Å². The Balaban J connectivity index is 2.48. The van der Waals surface area contributed by atoms with Crippen LogP contribution < -0.4 is 11.1 Å². The van der Waals surface area contributed by atoms with E-state index in [4.69, 9.17) is 27.4 Å². The third-order valence-electron chi connectivity index (χ3n) is 2.89. The lowest BCUT2D eigenvalue weighted by molar-refractivity contribution is 0.0705. The maximum atomic E-state index is 5.75. The van der Waals surface area contributed by atoms with Crippen molar-refractivity contribution in [2.24, 2.45) is 5.73 Å². The quantitative estimate of drug-likeness (QED) is 0.523. The molecule has 0 aromatic carbocycles. The summed E-state index contributed by atoms with van der Waals surface area (Å²) in [6, 6.07) is 0. The number of nitrogens with two attached hydrogens (primary N) is 1. The molecule has 0 saturated carbocycles. The molecule has 0 fully saturated rings. The summed E-state index contributed by atoms with van der Waals surface area (Å²) >= 11 is 5.08. The van der Waals surface area contributed by atoms with Crippen molar-refractivity contribution >= 4 is 23.0 Å². The summed E-state index contributed by atoms with van der Waals surface area (Å²) < 4.78 is 10.3. The SMILES string of the molecule is COCCOCCCNc1nnc(C)c(C)c1C(N)=S. The van der Waals surface area contributed by atoms with Crippen LogP contribution in [0.2, 0.25) is 0 Å². The smallest absolute Gasteiger partial charge is 0.159 e. The fourth-order valence-electron chi connectivity index (χ4n) is 1.66. The monoisotopic (exact) mass is 298 g/mol. The Morgan fingerprint density at radius 1 is 1.25 bits per heavy atom. The van der Waals surface area contributed by atoms with Crippen molar-refractivity contribution < 1.29 is 9.47 Å². The van der Waals surface area contributed by atoms with Gasteiger partial charge in [0.1, 0.15) is 4.99 Å². The summed E-state index contributed by atoms with van der Waals surface area (Å²) in [6.45, 7) is 6.44. The van der Waals surface area contributed by atoms with Gasteiger partial charge in [-0.15, -0.1) is 5.10 Å². The molecular weight excluding hydrogens is 276 g/mol. The zero-order valence-corrected chi connectivity index (χ0v) is 13.0. The van der Waals surface area contributed by atoms with E-state index in [1.807, 2.05) is 13.8 Å². The second-order valence-corrected chi connectivity index (χ2v) is 4.82. The predicted octanol–water partition coefficient (Wildman–Crippen LogP) is 1.19. The van der Waals surface area contributed by atoms with Crippen molar-refractivity contribution in [3.05, 3.63) is 16.8 Å². The van der Waals surface area contributed by atoms with E-state index >= 15 is 0 Å². The molecule has 0 radical (unpaired) electrons. The van der Waals surface area contributed by atoms with Gasteiger partial charge in [-0.3, -0.25) is 0 Å². The number of ether oxygens (including phenoxy) is 2. The first kappa shape index (κ1) is 16.7. The summed E-state index contributed by atoms with van der Waals surface area (Å²) in [5.74, 6) is 0.637. The molecule has 0 aliphatic heterocycles. The Morgan fingerprint density at radius 3 is 2.65 bits per heavy atom. The molecule has 0 atom stereocenters. The maximum Gasteiger partial charge on any atom is 0.159 e. The summed E-state index contributed by atoms with van der Waals surface area (Å²) in [6.07, 6.45) is 0.856. The molecular formula is C13H22N4O2S. The summed E-state index contributed by atoms with van der Waals surface area (Å²) in [4.78, 5) is 0.333. The van der Waals surface area contributed by atoms with Crippen molar-refractivity contribution in [1.29, 1.82) is 0 Å². The van der Waals surface area contributed by atoms with Crippen LogP contribution in [0, 0.1) is 13.8 Å². The van der Waals surface area contributed by atoms with Gasteiger partial charge in [0.15, 0.2) is 5.82 Å². The number of anilines is 1. The van der Waals surface area contributed by atoms with Gasteiger partial charge in [-0.05, 0) is 25.8 Å². The van der Waals surface area contributed by atoms with Crippen molar-refractivity contribution in [3.8, 4) is 0 Å². The molecule has 1 rings (SSSR count). The van der Waals surface area contributed by atoms with Crippen LogP contribution in [0.25, 0.3) is 0 Å². The molecule has 0 unspecified atom stereocenters.